The Labute approximate surface area is 107 Å². The van der Waals surface area contributed by atoms with Gasteiger partial charge in [0, 0.05) is 0 Å². The van der Waals surface area contributed by atoms with E-state index in [4.69, 9.17) is 0 Å². The molecule has 0 aliphatic carbocycles. The molecule has 0 radical (unpaired) electrons. The number of sulfone groups is 1. The summed E-state index contributed by atoms with van der Waals surface area (Å²) >= 11 is 0. The molecule has 18 heavy (non-hydrogen) atoms. The number of hydrogen-bond donors (Lipinski definition) is 1. The van der Waals surface area contributed by atoms with E-state index in [0.29, 0.717) is 0 Å². The molecule has 0 saturated heterocycles. The normalized spacial score (nSPS) is 13.3. The molecule has 0 bridgehead atoms. The van der Waals surface area contributed by atoms with E-state index in [1.165, 1.54) is 19.1 Å². The molecule has 1 aromatic carbocycles. The monoisotopic (exact) mass is 290 g/mol. The summed E-state index contributed by atoms with van der Waals surface area (Å²) in [5.41, 5.74) is 0.171. The van der Waals surface area contributed by atoms with Crippen LogP contribution in [0.15, 0.2) is 40.3 Å². The van der Waals surface area contributed by atoms with Gasteiger partial charge < -0.3 is 0 Å². The van der Waals surface area contributed by atoms with Gasteiger partial charge in [0.2, 0.25) is 10.0 Å². The highest BCUT2D eigenvalue weighted by Crippen LogP contribution is 2.10. The molecule has 0 amide bonds. The van der Waals surface area contributed by atoms with Crippen molar-refractivity contribution >= 4 is 25.6 Å². The van der Waals surface area contributed by atoms with Gasteiger partial charge in [0.1, 0.15) is 0 Å². The molecule has 1 N–H and O–H groups in total. The van der Waals surface area contributed by atoms with Gasteiger partial charge >= 0.3 is 0 Å². The van der Waals surface area contributed by atoms with Crippen LogP contribution in [0.5, 0.6) is 0 Å². The topological polar surface area (TPSA) is 92.7 Å². The number of benzene rings is 1. The van der Waals surface area contributed by atoms with Crippen molar-refractivity contribution in [3.05, 3.63) is 30.3 Å². The van der Waals surface area contributed by atoms with E-state index in [2.05, 4.69) is 5.10 Å². The van der Waals surface area contributed by atoms with E-state index in [-0.39, 0.29) is 16.4 Å². The Morgan fingerprint density at radius 2 is 1.72 bits per heavy atom. The van der Waals surface area contributed by atoms with Gasteiger partial charge in [-0.15, -0.1) is 0 Å². The first-order chi connectivity index (χ1) is 8.21. The molecule has 0 aromatic heterocycles. The number of hydrazone groups is 1. The third kappa shape index (κ3) is 4.84. The van der Waals surface area contributed by atoms with Crippen LogP contribution in [0.1, 0.15) is 6.92 Å². The van der Waals surface area contributed by atoms with Gasteiger partial charge in [-0.05, 0) is 19.1 Å². The first-order valence-electron chi connectivity index (χ1n) is 4.98. The van der Waals surface area contributed by atoms with Gasteiger partial charge in [-0.1, -0.05) is 18.2 Å². The Morgan fingerprint density at radius 3 is 2.22 bits per heavy atom. The highest BCUT2D eigenvalue weighted by atomic mass is 32.2. The smallest absolute Gasteiger partial charge is 0.223 e. The quantitative estimate of drug-likeness (QED) is 0.627. The Kier molecular flexibility index (Phi) is 4.47. The fourth-order valence-corrected chi connectivity index (χ4v) is 2.85. The lowest BCUT2D eigenvalue weighted by Crippen LogP contribution is -2.21. The van der Waals surface area contributed by atoms with E-state index in [9.17, 15) is 16.8 Å². The second kappa shape index (κ2) is 5.49. The van der Waals surface area contributed by atoms with Crippen LogP contribution in [-0.2, 0) is 19.9 Å². The Bertz CT molecular complexity index is 634. The van der Waals surface area contributed by atoms with Crippen LogP contribution in [-0.4, -0.2) is 34.6 Å². The lowest BCUT2D eigenvalue weighted by Gasteiger charge is -2.04. The standard InChI is InChI=1S/C10H14N2O4S2/c1-9(11-12-17(2,13)14)8-18(15,16)10-6-4-3-5-7-10/h3-7,12H,8H2,1-2H3/b11-9+. The maximum atomic E-state index is 11.9. The Morgan fingerprint density at radius 1 is 1.17 bits per heavy atom. The number of rotatable bonds is 5. The molecular formula is C10H14N2O4S2. The maximum absolute atomic E-state index is 11.9. The molecular weight excluding hydrogens is 276 g/mol. The van der Waals surface area contributed by atoms with Crippen molar-refractivity contribution in [1.82, 2.24) is 4.83 Å². The van der Waals surface area contributed by atoms with Crippen LogP contribution in [0.25, 0.3) is 0 Å². The van der Waals surface area contributed by atoms with Crippen LogP contribution in [0, 0.1) is 0 Å². The zero-order valence-corrected chi connectivity index (χ0v) is 11.6. The molecule has 1 rings (SSSR count). The molecule has 1 aromatic rings. The van der Waals surface area contributed by atoms with Crippen molar-refractivity contribution < 1.29 is 16.8 Å². The van der Waals surface area contributed by atoms with Crippen molar-refractivity contribution in [1.29, 1.82) is 0 Å². The predicted octanol–water partition coefficient (Wildman–Crippen LogP) is 0.385. The van der Waals surface area contributed by atoms with Gasteiger partial charge in [0.05, 0.1) is 22.6 Å². The van der Waals surface area contributed by atoms with Gasteiger partial charge in [-0.2, -0.15) is 5.10 Å². The SMILES string of the molecule is C/C(CS(=O)(=O)c1ccccc1)=N\NS(C)(=O)=O. The molecule has 0 saturated carbocycles. The first kappa shape index (κ1) is 14.7. The van der Waals surface area contributed by atoms with Crippen molar-refractivity contribution in [2.24, 2.45) is 5.10 Å². The molecule has 0 atom stereocenters. The summed E-state index contributed by atoms with van der Waals surface area (Å²) in [6.45, 7) is 1.44. The van der Waals surface area contributed by atoms with Gasteiger partial charge in [0.25, 0.3) is 0 Å². The molecule has 100 valence electrons. The average molecular weight is 290 g/mol. The number of sulfonamides is 1. The lowest BCUT2D eigenvalue weighted by atomic mass is 10.4. The molecule has 0 aliphatic heterocycles. The van der Waals surface area contributed by atoms with E-state index >= 15 is 0 Å². The second-order valence-electron chi connectivity index (χ2n) is 3.78. The van der Waals surface area contributed by atoms with Crippen molar-refractivity contribution in [3.63, 3.8) is 0 Å². The summed E-state index contributed by atoms with van der Waals surface area (Å²) < 4.78 is 45.4. The minimum atomic E-state index is -3.49. The number of hydrogen-bond acceptors (Lipinski definition) is 5. The fraction of sp³-hybridized carbons (Fsp3) is 0.300. The molecule has 6 nitrogen and oxygen atoms in total. The summed E-state index contributed by atoms with van der Waals surface area (Å²) in [4.78, 5) is 2.07. The van der Waals surface area contributed by atoms with E-state index in [0.717, 1.165) is 6.26 Å². The van der Waals surface area contributed by atoms with Crippen LogP contribution in [0.3, 0.4) is 0 Å². The number of nitrogens with zero attached hydrogens (tertiary/aromatic N) is 1. The van der Waals surface area contributed by atoms with E-state index < -0.39 is 19.9 Å². The molecule has 0 unspecified atom stereocenters. The van der Waals surface area contributed by atoms with Gasteiger partial charge in [-0.3, -0.25) is 0 Å². The Hall–Kier alpha value is -1.41. The summed E-state index contributed by atoms with van der Waals surface area (Å²) in [7, 11) is -6.96. The fourth-order valence-electron chi connectivity index (χ4n) is 1.18. The zero-order valence-electron chi connectivity index (χ0n) is 9.99. The summed E-state index contributed by atoms with van der Waals surface area (Å²) in [6, 6.07) is 7.91. The van der Waals surface area contributed by atoms with Gasteiger partial charge in [-0.25, -0.2) is 21.7 Å². The summed E-state index contributed by atoms with van der Waals surface area (Å²) in [5.74, 6) is -0.334. The minimum Gasteiger partial charge on any atom is -0.223 e. The Balaban J connectivity index is 2.85. The largest absolute Gasteiger partial charge is 0.244 e. The number of nitrogens with one attached hydrogen (secondary N) is 1. The minimum absolute atomic E-state index is 0.171. The zero-order chi connectivity index (χ0) is 13.8. The third-order valence-corrected chi connectivity index (χ3v) is 4.11. The van der Waals surface area contributed by atoms with Crippen LogP contribution >= 0.6 is 0 Å². The molecule has 0 aliphatic rings. The maximum Gasteiger partial charge on any atom is 0.244 e. The molecule has 8 heteroatoms. The first-order valence-corrected chi connectivity index (χ1v) is 8.53. The van der Waals surface area contributed by atoms with Crippen LogP contribution in [0.4, 0.5) is 0 Å². The molecule has 0 fully saturated rings. The van der Waals surface area contributed by atoms with Crippen molar-refractivity contribution in [3.8, 4) is 0 Å². The summed E-state index contributed by atoms with van der Waals surface area (Å²) in [6.07, 6.45) is 0.940. The third-order valence-electron chi connectivity index (χ3n) is 1.90. The molecule has 0 spiro atoms. The molecule has 0 heterocycles. The lowest BCUT2D eigenvalue weighted by molar-refractivity contribution is 0.589. The summed E-state index contributed by atoms with van der Waals surface area (Å²) in [5, 5.41) is 3.51. The second-order valence-corrected chi connectivity index (χ2v) is 7.50. The van der Waals surface area contributed by atoms with E-state index in [1.54, 1.807) is 18.2 Å². The predicted molar refractivity (Wildman–Crippen MR) is 69.6 cm³/mol. The highest BCUT2D eigenvalue weighted by Gasteiger charge is 2.15. The van der Waals surface area contributed by atoms with E-state index in [1.807, 2.05) is 4.83 Å². The highest BCUT2D eigenvalue weighted by molar-refractivity contribution is 7.92. The average Bonchev–Trinajstić information content (AvgIpc) is 2.26. The van der Waals surface area contributed by atoms with Crippen molar-refractivity contribution in [2.45, 2.75) is 11.8 Å². The van der Waals surface area contributed by atoms with Crippen LogP contribution in [0.2, 0.25) is 0 Å². The van der Waals surface area contributed by atoms with Crippen molar-refractivity contribution in [2.75, 3.05) is 12.0 Å². The van der Waals surface area contributed by atoms with Crippen LogP contribution < -0.4 is 4.83 Å². The van der Waals surface area contributed by atoms with Gasteiger partial charge in [0.15, 0.2) is 9.84 Å².